The maximum absolute atomic E-state index is 12.0. The van der Waals surface area contributed by atoms with Gasteiger partial charge in [0, 0.05) is 18.8 Å². The van der Waals surface area contributed by atoms with E-state index in [-0.39, 0.29) is 12.4 Å². The molecule has 0 heterocycles. The van der Waals surface area contributed by atoms with Gasteiger partial charge in [0.15, 0.2) is 6.10 Å². The lowest BCUT2D eigenvalue weighted by atomic mass is 10.1. The zero-order chi connectivity index (χ0) is 21.3. The summed E-state index contributed by atoms with van der Waals surface area (Å²) in [6.07, 6.45) is 18.2. The average Bonchev–Trinajstić information content (AvgIpc) is 2.56. The minimum absolute atomic E-state index is 0.251. The Hall–Kier alpha value is -1.62. The summed E-state index contributed by atoms with van der Waals surface area (Å²) in [5.74, 6) is -1.50. The monoisotopic (exact) mass is 395 g/mol. The van der Waals surface area contributed by atoms with Gasteiger partial charge in [-0.2, -0.15) is 0 Å². The van der Waals surface area contributed by atoms with Gasteiger partial charge in [-0.05, 0) is 38.5 Å². The molecule has 0 amide bonds. The van der Waals surface area contributed by atoms with Crippen LogP contribution in [-0.4, -0.2) is 50.2 Å². The molecule has 0 aromatic rings. The highest BCUT2D eigenvalue weighted by atomic mass is 16.5. The molecule has 5 heteroatoms. The van der Waals surface area contributed by atoms with Gasteiger partial charge in [-0.25, -0.2) is 0 Å². The van der Waals surface area contributed by atoms with Gasteiger partial charge in [0.25, 0.3) is 0 Å². The van der Waals surface area contributed by atoms with Crippen LogP contribution in [0.1, 0.15) is 77.6 Å². The highest BCUT2D eigenvalue weighted by molar-refractivity contribution is 5.70. The minimum atomic E-state index is -1.19. The van der Waals surface area contributed by atoms with Crippen molar-refractivity contribution in [1.29, 1.82) is 0 Å². The topological polar surface area (TPSA) is 66.4 Å². The van der Waals surface area contributed by atoms with Crippen molar-refractivity contribution >= 4 is 11.9 Å². The van der Waals surface area contributed by atoms with E-state index in [0.717, 1.165) is 32.1 Å². The number of hydrogen-bond acceptors (Lipinski definition) is 4. The Morgan fingerprint density at radius 2 is 1.54 bits per heavy atom. The molecule has 0 aliphatic rings. The summed E-state index contributed by atoms with van der Waals surface area (Å²) in [7, 11) is 5.81. The lowest BCUT2D eigenvalue weighted by molar-refractivity contribution is -0.873. The number of aliphatic carboxylic acids is 1. The molecule has 0 saturated carbocycles. The molecule has 0 radical (unpaired) electrons. The van der Waals surface area contributed by atoms with Gasteiger partial charge >= 0.3 is 5.97 Å². The van der Waals surface area contributed by atoms with Gasteiger partial charge in [0.05, 0.1) is 21.1 Å². The summed E-state index contributed by atoms with van der Waals surface area (Å²) in [6.45, 7) is 2.67. The predicted molar refractivity (Wildman–Crippen MR) is 113 cm³/mol. The molecule has 0 spiro atoms. The smallest absolute Gasteiger partial charge is 0.306 e. The number of nitrogens with zero attached hydrogens (tertiary/aromatic N) is 1. The Balaban J connectivity index is 3.82. The molecule has 0 rings (SSSR count). The Morgan fingerprint density at radius 3 is 2.07 bits per heavy atom. The van der Waals surface area contributed by atoms with E-state index in [1.54, 1.807) is 0 Å². The second-order valence-electron chi connectivity index (χ2n) is 8.43. The van der Waals surface area contributed by atoms with Crippen LogP contribution < -0.4 is 5.11 Å². The molecule has 0 saturated heterocycles. The third-order valence-electron chi connectivity index (χ3n) is 4.28. The summed E-state index contributed by atoms with van der Waals surface area (Å²) < 4.78 is 5.88. The number of carboxylic acid groups (broad SMARTS) is 1. The molecule has 0 aromatic heterocycles. The van der Waals surface area contributed by atoms with Crippen LogP contribution in [0.25, 0.3) is 0 Å². The number of esters is 1. The second kappa shape index (κ2) is 16.3. The zero-order valence-corrected chi connectivity index (χ0v) is 18.5. The van der Waals surface area contributed by atoms with Crippen LogP contribution in [0, 0.1) is 0 Å². The first-order valence-electron chi connectivity index (χ1n) is 10.7. The molecule has 1 unspecified atom stereocenters. The molecule has 0 fully saturated rings. The van der Waals surface area contributed by atoms with Crippen LogP contribution >= 0.6 is 0 Å². The van der Waals surface area contributed by atoms with Crippen molar-refractivity contribution < 1.29 is 23.9 Å². The number of carboxylic acids is 1. The van der Waals surface area contributed by atoms with Crippen molar-refractivity contribution in [2.75, 3.05) is 27.7 Å². The molecule has 5 nitrogen and oxygen atoms in total. The van der Waals surface area contributed by atoms with Crippen LogP contribution in [0.15, 0.2) is 24.3 Å². The van der Waals surface area contributed by atoms with E-state index >= 15 is 0 Å². The van der Waals surface area contributed by atoms with Crippen molar-refractivity contribution in [1.82, 2.24) is 0 Å². The van der Waals surface area contributed by atoms with E-state index < -0.39 is 12.1 Å². The van der Waals surface area contributed by atoms with E-state index in [4.69, 9.17) is 4.74 Å². The van der Waals surface area contributed by atoms with Gasteiger partial charge in [0.2, 0.25) is 0 Å². The SMILES string of the molecule is CCCCC/C=C\C/C=C\CCCCCC(=O)OC(CC(=O)[O-])C[N+](C)(C)C. The maximum atomic E-state index is 12.0. The largest absolute Gasteiger partial charge is 0.550 e. The summed E-state index contributed by atoms with van der Waals surface area (Å²) in [5, 5.41) is 10.8. The van der Waals surface area contributed by atoms with Crippen LogP contribution in [0.5, 0.6) is 0 Å². The highest BCUT2D eigenvalue weighted by Gasteiger charge is 2.22. The lowest BCUT2D eigenvalue weighted by Crippen LogP contribution is -2.45. The van der Waals surface area contributed by atoms with Crippen molar-refractivity contribution in [3.63, 3.8) is 0 Å². The standard InChI is InChI=1S/C23H41NO4/c1-5-6-7-8-9-10-11-12-13-14-15-16-17-18-23(27)28-21(19-22(25)26)20-24(2,3)4/h9-10,12-13,21H,5-8,11,14-20H2,1-4H3/b10-9-,13-12-. The number of unbranched alkanes of at least 4 members (excludes halogenated alkanes) is 6. The molecule has 0 N–H and O–H groups in total. The normalized spacial score (nSPS) is 13.3. The van der Waals surface area contributed by atoms with Crippen molar-refractivity contribution in [3.8, 4) is 0 Å². The number of ether oxygens (including phenoxy) is 1. The molecule has 0 aliphatic carbocycles. The number of rotatable bonds is 17. The molecule has 28 heavy (non-hydrogen) atoms. The quantitative estimate of drug-likeness (QED) is 0.163. The van der Waals surface area contributed by atoms with Crippen LogP contribution in [-0.2, 0) is 14.3 Å². The molecular weight excluding hydrogens is 354 g/mol. The summed E-state index contributed by atoms with van der Waals surface area (Å²) >= 11 is 0. The van der Waals surface area contributed by atoms with E-state index in [2.05, 4.69) is 31.2 Å². The van der Waals surface area contributed by atoms with E-state index in [1.807, 2.05) is 21.1 Å². The van der Waals surface area contributed by atoms with Gasteiger partial charge in [-0.3, -0.25) is 4.79 Å². The van der Waals surface area contributed by atoms with Crippen molar-refractivity contribution in [3.05, 3.63) is 24.3 Å². The van der Waals surface area contributed by atoms with E-state index in [0.29, 0.717) is 17.4 Å². The molecule has 0 aliphatic heterocycles. The molecule has 0 bridgehead atoms. The van der Waals surface area contributed by atoms with E-state index in [9.17, 15) is 14.7 Å². The van der Waals surface area contributed by atoms with Gasteiger partial charge in [-0.15, -0.1) is 0 Å². The summed E-state index contributed by atoms with van der Waals surface area (Å²) in [4.78, 5) is 22.8. The minimum Gasteiger partial charge on any atom is -0.550 e. The summed E-state index contributed by atoms with van der Waals surface area (Å²) in [6, 6.07) is 0. The predicted octanol–water partition coefficient (Wildman–Crippen LogP) is 3.78. The third-order valence-corrected chi connectivity index (χ3v) is 4.28. The number of quaternary nitrogens is 1. The Bertz CT molecular complexity index is 477. The first kappa shape index (κ1) is 26.4. The molecular formula is C23H41NO4. The highest BCUT2D eigenvalue weighted by Crippen LogP contribution is 2.09. The second-order valence-corrected chi connectivity index (χ2v) is 8.43. The van der Waals surface area contributed by atoms with Crippen LogP contribution in [0.2, 0.25) is 0 Å². The van der Waals surface area contributed by atoms with Crippen LogP contribution in [0.3, 0.4) is 0 Å². The van der Waals surface area contributed by atoms with Crippen molar-refractivity contribution in [2.45, 2.75) is 83.7 Å². The fourth-order valence-corrected chi connectivity index (χ4v) is 2.91. The zero-order valence-electron chi connectivity index (χ0n) is 18.5. The number of allylic oxidation sites excluding steroid dienone is 4. The van der Waals surface area contributed by atoms with E-state index in [1.165, 1.54) is 25.7 Å². The van der Waals surface area contributed by atoms with Gasteiger partial charge in [0.1, 0.15) is 6.54 Å². The third kappa shape index (κ3) is 19.2. The number of carbonyl (C=O) groups is 2. The Labute approximate surface area is 172 Å². The Kier molecular flexibility index (Phi) is 15.4. The molecule has 1 atom stereocenters. The number of hydrogen-bond donors (Lipinski definition) is 0. The van der Waals surface area contributed by atoms with Gasteiger partial charge in [-0.1, -0.05) is 50.5 Å². The van der Waals surface area contributed by atoms with Gasteiger partial charge < -0.3 is 19.1 Å². The summed E-state index contributed by atoms with van der Waals surface area (Å²) in [5.41, 5.74) is 0. The fourth-order valence-electron chi connectivity index (χ4n) is 2.91. The lowest BCUT2D eigenvalue weighted by Gasteiger charge is -2.29. The number of likely N-dealkylation sites (N-methyl/N-ethyl adjacent to an activating group) is 1. The molecule has 162 valence electrons. The first-order chi connectivity index (χ1) is 13.2. The number of carbonyl (C=O) groups excluding carboxylic acids is 2. The maximum Gasteiger partial charge on any atom is 0.306 e. The fraction of sp³-hybridized carbons (Fsp3) is 0.739. The van der Waals surface area contributed by atoms with Crippen molar-refractivity contribution in [2.24, 2.45) is 0 Å². The Morgan fingerprint density at radius 1 is 0.929 bits per heavy atom. The van der Waals surface area contributed by atoms with Crippen LogP contribution in [0.4, 0.5) is 0 Å². The first-order valence-corrected chi connectivity index (χ1v) is 10.7. The molecule has 0 aromatic carbocycles. The average molecular weight is 396 g/mol.